The molecule has 0 aliphatic carbocycles. The van der Waals surface area contributed by atoms with E-state index < -0.39 is 17.8 Å². The maximum Gasteiger partial charge on any atom is 0.335 e. The maximum absolute atomic E-state index is 13.4. The second kappa shape index (κ2) is 11.7. The second-order valence-electron chi connectivity index (χ2n) is 8.80. The molecular weight excluding hydrogens is 516 g/mol. The molecule has 198 valence electrons. The topological polar surface area (TPSA) is 105 Å². The lowest BCUT2D eigenvalue weighted by molar-refractivity contribution is -0.122. The Balaban J connectivity index is 1.71. The monoisotopic (exact) mass is 542 g/mol. The van der Waals surface area contributed by atoms with Crippen molar-refractivity contribution in [2.75, 3.05) is 12.0 Å². The molecule has 1 aliphatic rings. The Bertz CT molecular complexity index is 1530. The SMILES string of the molecule is C=CCc1cc(C=C2C(=O)NC(=S)N(c3cccc(C(=O)O)c3)C2=O)cc(OC)c1OCc1cccc(C)c1. The van der Waals surface area contributed by atoms with Crippen LogP contribution in [0, 0.1) is 6.92 Å². The zero-order chi connectivity index (χ0) is 28.1. The number of hydrogen-bond acceptors (Lipinski definition) is 6. The van der Waals surface area contributed by atoms with Crippen molar-refractivity contribution in [3.8, 4) is 11.5 Å². The van der Waals surface area contributed by atoms with E-state index in [1.54, 1.807) is 18.2 Å². The van der Waals surface area contributed by atoms with Gasteiger partial charge in [-0.1, -0.05) is 42.0 Å². The number of allylic oxidation sites excluding steroid dienone is 1. The molecule has 0 unspecified atom stereocenters. The molecule has 1 saturated heterocycles. The molecule has 0 atom stereocenters. The lowest BCUT2D eigenvalue weighted by Gasteiger charge is -2.29. The number of aromatic carboxylic acids is 1. The first-order chi connectivity index (χ1) is 18.7. The number of aryl methyl sites for hydroxylation is 1. The van der Waals surface area contributed by atoms with Crippen LogP contribution in [0.5, 0.6) is 11.5 Å². The molecule has 0 aromatic heterocycles. The average Bonchev–Trinajstić information content (AvgIpc) is 2.90. The summed E-state index contributed by atoms with van der Waals surface area (Å²) in [6, 6.07) is 17.2. The zero-order valence-electron chi connectivity index (χ0n) is 21.4. The van der Waals surface area contributed by atoms with Crippen LogP contribution >= 0.6 is 12.2 Å². The van der Waals surface area contributed by atoms with Crippen molar-refractivity contribution in [2.24, 2.45) is 0 Å². The first kappa shape index (κ1) is 27.3. The lowest BCUT2D eigenvalue weighted by atomic mass is 10.0. The number of ether oxygens (including phenoxy) is 2. The lowest BCUT2D eigenvalue weighted by Crippen LogP contribution is -2.54. The van der Waals surface area contributed by atoms with Crippen LogP contribution in [-0.4, -0.2) is 35.1 Å². The Morgan fingerprint density at radius 2 is 1.90 bits per heavy atom. The molecule has 0 spiro atoms. The van der Waals surface area contributed by atoms with E-state index >= 15 is 0 Å². The second-order valence-corrected chi connectivity index (χ2v) is 9.18. The summed E-state index contributed by atoms with van der Waals surface area (Å²) in [6.45, 7) is 6.16. The molecule has 1 heterocycles. The predicted octanol–water partition coefficient (Wildman–Crippen LogP) is 4.84. The fourth-order valence-corrected chi connectivity index (χ4v) is 4.46. The third-order valence-corrected chi connectivity index (χ3v) is 6.25. The Kier molecular flexibility index (Phi) is 8.21. The normalized spacial score (nSPS) is 14.3. The third-order valence-electron chi connectivity index (χ3n) is 5.97. The summed E-state index contributed by atoms with van der Waals surface area (Å²) in [6.07, 6.45) is 3.61. The minimum Gasteiger partial charge on any atom is -0.493 e. The Hall–Kier alpha value is -4.76. The van der Waals surface area contributed by atoms with Crippen LogP contribution in [0.25, 0.3) is 6.08 Å². The number of rotatable bonds is 9. The molecule has 3 aromatic carbocycles. The smallest absolute Gasteiger partial charge is 0.335 e. The van der Waals surface area contributed by atoms with Gasteiger partial charge in [0.25, 0.3) is 11.8 Å². The maximum atomic E-state index is 13.4. The molecule has 0 bridgehead atoms. The summed E-state index contributed by atoms with van der Waals surface area (Å²) in [5.74, 6) is -1.54. The van der Waals surface area contributed by atoms with Crippen molar-refractivity contribution in [1.82, 2.24) is 5.32 Å². The molecule has 1 aliphatic heterocycles. The van der Waals surface area contributed by atoms with E-state index in [9.17, 15) is 19.5 Å². The van der Waals surface area contributed by atoms with Crippen LogP contribution in [0.15, 0.2) is 78.9 Å². The van der Waals surface area contributed by atoms with Gasteiger partial charge in [0.1, 0.15) is 12.2 Å². The molecule has 2 amide bonds. The van der Waals surface area contributed by atoms with Gasteiger partial charge in [-0.05, 0) is 73.1 Å². The summed E-state index contributed by atoms with van der Waals surface area (Å²) < 4.78 is 11.8. The van der Waals surface area contributed by atoms with E-state index in [0.29, 0.717) is 30.1 Å². The van der Waals surface area contributed by atoms with Crippen LogP contribution in [0.3, 0.4) is 0 Å². The van der Waals surface area contributed by atoms with Gasteiger partial charge >= 0.3 is 5.97 Å². The number of carbonyl (C=O) groups excluding carboxylic acids is 2. The molecule has 9 heteroatoms. The van der Waals surface area contributed by atoms with E-state index in [4.69, 9.17) is 21.7 Å². The fraction of sp³-hybridized carbons (Fsp3) is 0.133. The summed E-state index contributed by atoms with van der Waals surface area (Å²) in [7, 11) is 1.51. The highest BCUT2D eigenvalue weighted by Gasteiger charge is 2.35. The quantitative estimate of drug-likeness (QED) is 0.173. The van der Waals surface area contributed by atoms with Gasteiger partial charge < -0.3 is 14.6 Å². The molecule has 2 N–H and O–H groups in total. The minimum absolute atomic E-state index is 0.0226. The van der Waals surface area contributed by atoms with Crippen molar-refractivity contribution in [3.63, 3.8) is 0 Å². The van der Waals surface area contributed by atoms with Crippen molar-refractivity contribution >= 4 is 46.9 Å². The van der Waals surface area contributed by atoms with Crippen molar-refractivity contribution in [1.29, 1.82) is 0 Å². The van der Waals surface area contributed by atoms with Gasteiger partial charge in [-0.2, -0.15) is 0 Å². The Morgan fingerprint density at radius 1 is 1.13 bits per heavy atom. The summed E-state index contributed by atoms with van der Waals surface area (Å²) in [5.41, 5.74) is 3.43. The Morgan fingerprint density at radius 3 is 2.59 bits per heavy atom. The largest absolute Gasteiger partial charge is 0.493 e. The number of methoxy groups -OCH3 is 1. The van der Waals surface area contributed by atoms with Gasteiger partial charge in [0.2, 0.25) is 0 Å². The molecule has 0 saturated carbocycles. The van der Waals surface area contributed by atoms with E-state index in [1.165, 1.54) is 37.5 Å². The van der Waals surface area contributed by atoms with E-state index in [0.717, 1.165) is 21.6 Å². The predicted molar refractivity (Wildman–Crippen MR) is 152 cm³/mol. The minimum atomic E-state index is -1.15. The van der Waals surface area contributed by atoms with E-state index in [1.807, 2.05) is 31.2 Å². The number of anilines is 1. The van der Waals surface area contributed by atoms with Gasteiger partial charge in [0, 0.05) is 5.56 Å². The number of carbonyl (C=O) groups is 3. The van der Waals surface area contributed by atoms with Gasteiger partial charge in [0.15, 0.2) is 16.6 Å². The van der Waals surface area contributed by atoms with Crippen molar-refractivity contribution in [3.05, 3.63) is 107 Å². The molecule has 1 fully saturated rings. The number of hydrogen-bond donors (Lipinski definition) is 2. The summed E-state index contributed by atoms with van der Waals surface area (Å²) >= 11 is 5.23. The van der Waals surface area contributed by atoms with Crippen molar-refractivity contribution < 1.29 is 29.0 Å². The first-order valence-electron chi connectivity index (χ1n) is 12.0. The highest BCUT2D eigenvalue weighted by atomic mass is 32.1. The Labute approximate surface area is 231 Å². The van der Waals surface area contributed by atoms with Crippen LogP contribution in [-0.2, 0) is 22.6 Å². The standard InChI is InChI=1S/C30H26N2O6S/c1-4-7-21-13-20(15-25(37-3)26(21)38-17-19-9-5-8-18(2)12-19)14-24-27(33)31-30(39)32(28(24)34)23-11-6-10-22(16-23)29(35)36/h4-6,8-16H,1,7,17H2,2-3H3,(H,35,36)(H,31,33,39). The fourth-order valence-electron chi connectivity index (χ4n) is 4.18. The molecular formula is C30H26N2O6S. The number of carboxylic acids is 1. The first-order valence-corrected chi connectivity index (χ1v) is 12.4. The van der Waals surface area contributed by atoms with Gasteiger partial charge in [-0.3, -0.25) is 19.8 Å². The van der Waals surface area contributed by atoms with Crippen LogP contribution in [0.4, 0.5) is 5.69 Å². The molecule has 4 rings (SSSR count). The molecule has 0 radical (unpaired) electrons. The summed E-state index contributed by atoms with van der Waals surface area (Å²) in [5, 5.41) is 11.7. The van der Waals surface area contributed by atoms with Crippen molar-refractivity contribution in [2.45, 2.75) is 20.0 Å². The highest BCUT2D eigenvalue weighted by Crippen LogP contribution is 2.35. The van der Waals surface area contributed by atoms with Gasteiger partial charge in [0.05, 0.1) is 18.4 Å². The van der Waals surface area contributed by atoms with Crippen LogP contribution in [0.2, 0.25) is 0 Å². The third kappa shape index (κ3) is 6.05. The number of carboxylic acid groups (broad SMARTS) is 1. The highest BCUT2D eigenvalue weighted by molar-refractivity contribution is 7.80. The van der Waals surface area contributed by atoms with E-state index in [-0.39, 0.29) is 21.9 Å². The summed E-state index contributed by atoms with van der Waals surface area (Å²) in [4.78, 5) is 38.8. The van der Waals surface area contributed by atoms with Gasteiger partial charge in [-0.25, -0.2) is 4.79 Å². The molecule has 3 aromatic rings. The van der Waals surface area contributed by atoms with Gasteiger partial charge in [-0.15, -0.1) is 6.58 Å². The van der Waals surface area contributed by atoms with Crippen LogP contribution < -0.4 is 19.7 Å². The zero-order valence-corrected chi connectivity index (χ0v) is 22.2. The average molecular weight is 543 g/mol. The molecule has 8 nitrogen and oxygen atoms in total. The number of thiocarbonyl (C=S) groups is 1. The molecule has 39 heavy (non-hydrogen) atoms. The van der Waals surface area contributed by atoms with E-state index in [2.05, 4.69) is 11.9 Å². The number of nitrogens with one attached hydrogen (secondary N) is 1. The van der Waals surface area contributed by atoms with Crippen LogP contribution in [0.1, 0.15) is 32.6 Å². The number of nitrogens with zero attached hydrogens (tertiary/aromatic N) is 1. The number of benzene rings is 3. The number of amides is 2.